The van der Waals surface area contributed by atoms with Gasteiger partial charge in [-0.05, 0) is 48.2 Å². The summed E-state index contributed by atoms with van der Waals surface area (Å²) < 4.78 is 34.4. The molecule has 3 N–H and O–H groups in total. The lowest BCUT2D eigenvalue weighted by atomic mass is 9.89. The molecule has 1 heterocycles. The summed E-state index contributed by atoms with van der Waals surface area (Å²) in [7, 11) is 0. The molecule has 0 aromatic heterocycles. The molecule has 1 saturated heterocycles. The van der Waals surface area contributed by atoms with Gasteiger partial charge in [-0.25, -0.2) is 8.78 Å². The first-order chi connectivity index (χ1) is 15.7. The van der Waals surface area contributed by atoms with E-state index in [0.29, 0.717) is 11.4 Å². The van der Waals surface area contributed by atoms with E-state index in [4.69, 9.17) is 16.3 Å². The first-order valence-electron chi connectivity index (χ1n) is 10.4. The van der Waals surface area contributed by atoms with Crippen LogP contribution in [0.15, 0.2) is 48.5 Å². The second-order valence-electron chi connectivity index (χ2n) is 8.20. The van der Waals surface area contributed by atoms with Crippen molar-refractivity contribution in [2.75, 3.05) is 29.9 Å². The van der Waals surface area contributed by atoms with Crippen molar-refractivity contribution in [3.8, 4) is 5.75 Å². The molecule has 0 unspecified atom stereocenters. The molecular formula is C24H23ClF2N2O4. The van der Waals surface area contributed by atoms with Gasteiger partial charge >= 0.3 is 0 Å². The Kier molecular flexibility index (Phi) is 6.43. The predicted octanol–water partition coefficient (Wildman–Crippen LogP) is 4.11. The van der Waals surface area contributed by atoms with Crippen LogP contribution in [0.5, 0.6) is 5.75 Å². The summed E-state index contributed by atoms with van der Waals surface area (Å²) in [6.07, 6.45) is -1.27. The van der Waals surface area contributed by atoms with Crippen LogP contribution in [0.25, 0.3) is 10.8 Å². The summed E-state index contributed by atoms with van der Waals surface area (Å²) in [5.41, 5.74) is -1.24. The number of benzene rings is 3. The van der Waals surface area contributed by atoms with Gasteiger partial charge in [-0.3, -0.25) is 4.79 Å². The van der Waals surface area contributed by atoms with Crippen LogP contribution in [-0.4, -0.2) is 47.5 Å². The number of aliphatic hydroxyl groups is 2. The highest BCUT2D eigenvalue weighted by molar-refractivity contribution is 6.30. The largest absolute Gasteiger partial charge is 0.490 e. The quantitative estimate of drug-likeness (QED) is 0.516. The molecular weight excluding hydrogens is 454 g/mol. The number of β-amino-alcohol motifs (C(OH)–C–C–N with tert-alkyl or cyclic N) is 1. The Morgan fingerprint density at radius 3 is 2.64 bits per heavy atom. The molecule has 3 aromatic carbocycles. The standard InChI is InChI=1S/C24H23ClF2N2O4/c1-14(30)28-17-5-6-18-15(9-17)3-2-4-21(18)33-13-24(32)7-8-29(12-22(24)31)23-19(26)10-16(25)11-20(23)27/h2-6,9-11,22,31-32H,7-8,12-13H2,1H3,(H,28,30)/t22-,24-/m1/s1. The molecule has 4 rings (SSSR count). The summed E-state index contributed by atoms with van der Waals surface area (Å²) in [4.78, 5) is 12.6. The molecule has 6 nitrogen and oxygen atoms in total. The average Bonchev–Trinajstić information content (AvgIpc) is 2.73. The number of carbonyl (C=O) groups is 1. The van der Waals surface area contributed by atoms with Gasteiger partial charge in [0.15, 0.2) is 11.6 Å². The number of carbonyl (C=O) groups excluding carboxylic acids is 1. The number of piperidine rings is 1. The molecule has 3 aromatic rings. The average molecular weight is 477 g/mol. The fraction of sp³-hybridized carbons (Fsp3) is 0.292. The van der Waals surface area contributed by atoms with E-state index in [1.165, 1.54) is 11.8 Å². The molecule has 9 heteroatoms. The van der Waals surface area contributed by atoms with Crippen LogP contribution < -0.4 is 15.0 Å². The third kappa shape index (κ3) is 4.88. The second kappa shape index (κ2) is 9.13. The van der Waals surface area contributed by atoms with Crippen molar-refractivity contribution in [2.24, 2.45) is 0 Å². The molecule has 33 heavy (non-hydrogen) atoms. The van der Waals surface area contributed by atoms with Gasteiger partial charge in [0.2, 0.25) is 5.91 Å². The zero-order valence-corrected chi connectivity index (χ0v) is 18.6. The van der Waals surface area contributed by atoms with E-state index in [1.54, 1.807) is 30.3 Å². The number of hydrogen-bond donors (Lipinski definition) is 3. The van der Waals surface area contributed by atoms with Crippen molar-refractivity contribution >= 4 is 39.7 Å². The number of anilines is 2. The van der Waals surface area contributed by atoms with Crippen LogP contribution in [0.1, 0.15) is 13.3 Å². The predicted molar refractivity (Wildman–Crippen MR) is 123 cm³/mol. The monoisotopic (exact) mass is 476 g/mol. The molecule has 1 aliphatic heterocycles. The van der Waals surface area contributed by atoms with E-state index >= 15 is 0 Å². The molecule has 2 atom stereocenters. The first kappa shape index (κ1) is 23.2. The van der Waals surface area contributed by atoms with Crippen LogP contribution >= 0.6 is 11.6 Å². The smallest absolute Gasteiger partial charge is 0.221 e. The molecule has 0 aliphatic carbocycles. The van der Waals surface area contributed by atoms with Crippen molar-refractivity contribution in [3.63, 3.8) is 0 Å². The normalized spacial score (nSPS) is 20.7. The number of nitrogens with zero attached hydrogens (tertiary/aromatic N) is 1. The van der Waals surface area contributed by atoms with Crippen molar-refractivity contribution < 1.29 is 28.5 Å². The van der Waals surface area contributed by atoms with Crippen LogP contribution in [0.2, 0.25) is 5.02 Å². The summed E-state index contributed by atoms with van der Waals surface area (Å²) in [5.74, 6) is -1.34. The minimum Gasteiger partial charge on any atom is -0.490 e. The fourth-order valence-electron chi connectivity index (χ4n) is 4.04. The van der Waals surface area contributed by atoms with Gasteiger partial charge < -0.3 is 25.2 Å². The number of amides is 1. The molecule has 0 radical (unpaired) electrons. The Labute approximate surface area is 194 Å². The summed E-state index contributed by atoms with van der Waals surface area (Å²) in [6.45, 7) is 1.16. The highest BCUT2D eigenvalue weighted by Gasteiger charge is 2.42. The van der Waals surface area contributed by atoms with Gasteiger partial charge in [-0.2, -0.15) is 0 Å². The van der Waals surface area contributed by atoms with E-state index in [-0.39, 0.29) is 42.7 Å². The van der Waals surface area contributed by atoms with Gasteiger partial charge in [0.1, 0.15) is 29.7 Å². The van der Waals surface area contributed by atoms with Crippen molar-refractivity contribution in [2.45, 2.75) is 25.0 Å². The van der Waals surface area contributed by atoms with Crippen molar-refractivity contribution in [1.29, 1.82) is 0 Å². The van der Waals surface area contributed by atoms with E-state index in [0.717, 1.165) is 22.9 Å². The highest BCUT2D eigenvalue weighted by Crippen LogP contribution is 2.34. The lowest BCUT2D eigenvalue weighted by Gasteiger charge is -2.42. The van der Waals surface area contributed by atoms with Gasteiger partial charge in [-0.15, -0.1) is 0 Å². The number of ether oxygens (including phenoxy) is 1. The number of aliphatic hydroxyl groups excluding tert-OH is 1. The number of halogens is 3. The van der Waals surface area contributed by atoms with Gasteiger partial charge in [0.25, 0.3) is 0 Å². The van der Waals surface area contributed by atoms with Gasteiger partial charge in [0.05, 0.1) is 0 Å². The molecule has 0 saturated carbocycles. The molecule has 0 bridgehead atoms. The maximum atomic E-state index is 14.3. The molecule has 1 amide bonds. The zero-order chi connectivity index (χ0) is 23.8. The number of fused-ring (bicyclic) bond motifs is 1. The highest BCUT2D eigenvalue weighted by atomic mass is 35.5. The number of nitrogens with one attached hydrogen (secondary N) is 1. The van der Waals surface area contributed by atoms with Crippen LogP contribution in [0, 0.1) is 11.6 Å². The second-order valence-corrected chi connectivity index (χ2v) is 8.63. The summed E-state index contributed by atoms with van der Waals surface area (Å²) in [5, 5.41) is 25.9. The van der Waals surface area contributed by atoms with E-state index < -0.39 is 23.3 Å². The van der Waals surface area contributed by atoms with E-state index in [1.807, 2.05) is 6.07 Å². The Morgan fingerprint density at radius 1 is 1.24 bits per heavy atom. The van der Waals surface area contributed by atoms with Gasteiger partial charge in [-0.1, -0.05) is 23.7 Å². The van der Waals surface area contributed by atoms with Gasteiger partial charge in [0, 0.05) is 36.1 Å². The first-order valence-corrected chi connectivity index (χ1v) is 10.8. The minimum absolute atomic E-state index is 0.0348. The maximum Gasteiger partial charge on any atom is 0.221 e. The molecule has 1 aliphatic rings. The molecule has 174 valence electrons. The van der Waals surface area contributed by atoms with E-state index in [2.05, 4.69) is 5.32 Å². The Hall–Kier alpha value is -2.94. The lowest BCUT2D eigenvalue weighted by Crippen LogP contribution is -2.58. The topological polar surface area (TPSA) is 82.0 Å². The van der Waals surface area contributed by atoms with Crippen LogP contribution in [-0.2, 0) is 4.79 Å². The third-order valence-electron chi connectivity index (χ3n) is 5.76. The summed E-state index contributed by atoms with van der Waals surface area (Å²) >= 11 is 5.68. The number of rotatable bonds is 5. The Morgan fingerprint density at radius 2 is 1.97 bits per heavy atom. The fourth-order valence-corrected chi connectivity index (χ4v) is 4.23. The maximum absolute atomic E-state index is 14.3. The summed E-state index contributed by atoms with van der Waals surface area (Å²) in [6, 6.07) is 12.8. The Bertz CT molecular complexity index is 1190. The molecule has 0 spiro atoms. The minimum atomic E-state index is -1.60. The van der Waals surface area contributed by atoms with Crippen LogP contribution in [0.3, 0.4) is 0 Å². The van der Waals surface area contributed by atoms with Crippen LogP contribution in [0.4, 0.5) is 20.2 Å². The van der Waals surface area contributed by atoms with E-state index in [9.17, 15) is 23.8 Å². The SMILES string of the molecule is CC(=O)Nc1ccc2c(OC[C@]3(O)CCN(c4c(F)cc(Cl)cc4F)C[C@H]3O)cccc2c1. The zero-order valence-electron chi connectivity index (χ0n) is 17.8. The number of hydrogen-bond acceptors (Lipinski definition) is 5. The molecule has 1 fully saturated rings. The lowest BCUT2D eigenvalue weighted by molar-refractivity contribution is -0.114. The Balaban J connectivity index is 1.48. The third-order valence-corrected chi connectivity index (χ3v) is 5.98. The van der Waals surface area contributed by atoms with Crippen molar-refractivity contribution in [3.05, 3.63) is 65.2 Å². The van der Waals surface area contributed by atoms with Crippen molar-refractivity contribution in [1.82, 2.24) is 0 Å².